The zero-order chi connectivity index (χ0) is 27.8. The van der Waals surface area contributed by atoms with Crippen LogP contribution in [0, 0.1) is 11.8 Å². The van der Waals surface area contributed by atoms with Crippen LogP contribution < -0.4 is 0 Å². The van der Waals surface area contributed by atoms with Gasteiger partial charge in [-0.15, -0.1) is 0 Å². The number of benzene rings is 4. The van der Waals surface area contributed by atoms with Crippen molar-refractivity contribution in [3.63, 3.8) is 0 Å². The number of fused-ring (bicyclic) bond motifs is 1. The van der Waals surface area contributed by atoms with E-state index in [1.807, 2.05) is 66.9 Å². The quantitative estimate of drug-likeness (QED) is 0.168. The van der Waals surface area contributed by atoms with Crippen LogP contribution in [0.3, 0.4) is 0 Å². The van der Waals surface area contributed by atoms with Gasteiger partial charge in [0.05, 0.1) is 28.1 Å². The molecule has 41 heavy (non-hydrogen) atoms. The number of hydrogen-bond acceptors (Lipinski definition) is 3. The fraction of sp³-hybridized carbons (Fsp3) is 0.147. The first kappa shape index (κ1) is 24.6. The molecule has 4 aliphatic rings. The zero-order valence-electron chi connectivity index (χ0n) is 21.7. The second kappa shape index (κ2) is 9.16. The highest BCUT2D eigenvalue weighted by Crippen LogP contribution is 2.61. The predicted octanol–water partition coefficient (Wildman–Crippen LogP) is 7.22. The summed E-state index contributed by atoms with van der Waals surface area (Å²) in [5.74, 6) is -1.66. The third kappa shape index (κ3) is 3.59. The lowest BCUT2D eigenvalue weighted by atomic mass is 9.55. The van der Waals surface area contributed by atoms with E-state index in [0.717, 1.165) is 49.3 Å². The molecule has 5 nitrogen and oxygen atoms in total. The molecule has 1 aromatic heterocycles. The van der Waals surface area contributed by atoms with Crippen molar-refractivity contribution in [3.8, 4) is 0 Å². The molecule has 9 rings (SSSR count). The van der Waals surface area contributed by atoms with Gasteiger partial charge in [-0.25, -0.2) is 0 Å². The summed E-state index contributed by atoms with van der Waals surface area (Å²) in [5, 5.41) is 7.68. The monoisotopic (exact) mass is 575 g/mol. The van der Waals surface area contributed by atoms with Crippen LogP contribution in [-0.2, 0) is 16.1 Å². The molecule has 2 amide bonds. The first-order valence-electron chi connectivity index (χ1n) is 13.6. The van der Waals surface area contributed by atoms with Crippen molar-refractivity contribution in [2.24, 2.45) is 16.9 Å². The lowest BCUT2D eigenvalue weighted by Gasteiger charge is -2.45. The highest BCUT2D eigenvalue weighted by Gasteiger charge is 2.61. The largest absolute Gasteiger partial charge is 0.342 e. The van der Waals surface area contributed by atoms with Gasteiger partial charge in [0, 0.05) is 41.0 Å². The van der Waals surface area contributed by atoms with Crippen molar-refractivity contribution in [1.29, 1.82) is 0 Å². The van der Waals surface area contributed by atoms with Gasteiger partial charge in [0.25, 0.3) is 11.8 Å². The van der Waals surface area contributed by atoms with Gasteiger partial charge in [-0.1, -0.05) is 96.0 Å². The number of aromatic nitrogens is 1. The fourth-order valence-corrected chi connectivity index (χ4v) is 7.56. The summed E-state index contributed by atoms with van der Waals surface area (Å²) in [6.07, 6.45) is 3.63. The molecule has 1 fully saturated rings. The molecule has 0 spiro atoms. The lowest BCUT2D eigenvalue weighted by molar-refractivity contribution is -0.139. The molecule has 0 unspecified atom stereocenters. The van der Waals surface area contributed by atoms with Crippen molar-refractivity contribution < 1.29 is 9.59 Å². The number of amides is 2. The minimum Gasteiger partial charge on any atom is -0.342 e. The Balaban J connectivity index is 1.16. The molecule has 0 N–H and O–H groups in total. The van der Waals surface area contributed by atoms with Gasteiger partial charge in [-0.3, -0.25) is 9.59 Å². The molecule has 2 heterocycles. The maximum absolute atomic E-state index is 13.9. The summed E-state index contributed by atoms with van der Waals surface area (Å²) in [4.78, 5) is 27.8. The van der Waals surface area contributed by atoms with Crippen molar-refractivity contribution in [2.45, 2.75) is 18.4 Å². The van der Waals surface area contributed by atoms with Crippen LogP contribution >= 0.6 is 23.2 Å². The molecule has 0 saturated carbocycles. The normalized spacial score (nSPS) is 22.4. The highest BCUT2D eigenvalue weighted by molar-refractivity contribution is 6.42. The topological polar surface area (TPSA) is 54.7 Å². The van der Waals surface area contributed by atoms with Crippen LogP contribution in [0.5, 0.6) is 0 Å². The molecular formula is C34H23Cl2N3O2. The van der Waals surface area contributed by atoms with E-state index in [0.29, 0.717) is 16.6 Å². The van der Waals surface area contributed by atoms with Crippen molar-refractivity contribution in [1.82, 2.24) is 9.58 Å². The summed E-state index contributed by atoms with van der Waals surface area (Å²) in [6.45, 7) is 0.580. The van der Waals surface area contributed by atoms with E-state index in [1.54, 1.807) is 12.3 Å². The second-order valence-corrected chi connectivity index (χ2v) is 11.8. The van der Waals surface area contributed by atoms with Crippen LogP contribution in [0.1, 0.15) is 45.2 Å². The molecule has 2 atom stereocenters. The van der Waals surface area contributed by atoms with E-state index >= 15 is 0 Å². The van der Waals surface area contributed by atoms with E-state index < -0.39 is 11.8 Å². The fourth-order valence-electron chi connectivity index (χ4n) is 7.24. The van der Waals surface area contributed by atoms with Gasteiger partial charge < -0.3 is 4.57 Å². The molecule has 5 aromatic rings. The summed E-state index contributed by atoms with van der Waals surface area (Å²) >= 11 is 12.4. The summed E-state index contributed by atoms with van der Waals surface area (Å²) in [7, 11) is 0. The minimum absolute atomic E-state index is 0.151. The summed E-state index contributed by atoms with van der Waals surface area (Å²) in [6, 6.07) is 30.1. The average molecular weight is 576 g/mol. The third-order valence-corrected chi connectivity index (χ3v) is 9.63. The Labute approximate surface area is 246 Å². The van der Waals surface area contributed by atoms with Gasteiger partial charge in [0.1, 0.15) is 0 Å². The van der Waals surface area contributed by atoms with Gasteiger partial charge in [0.2, 0.25) is 0 Å². The van der Waals surface area contributed by atoms with Gasteiger partial charge in [0.15, 0.2) is 0 Å². The third-order valence-electron chi connectivity index (χ3n) is 8.89. The van der Waals surface area contributed by atoms with Crippen molar-refractivity contribution in [3.05, 3.63) is 141 Å². The molecule has 1 aliphatic heterocycles. The number of halogens is 2. The van der Waals surface area contributed by atoms with Crippen LogP contribution in [0.2, 0.25) is 10.0 Å². The first-order valence-corrected chi connectivity index (χ1v) is 14.4. The molecule has 0 radical (unpaired) electrons. The molecule has 2 bridgehead atoms. The average Bonchev–Trinajstić information content (AvgIpc) is 3.47. The van der Waals surface area contributed by atoms with Crippen LogP contribution in [-0.4, -0.2) is 27.6 Å². The van der Waals surface area contributed by atoms with E-state index in [4.69, 9.17) is 23.2 Å². The minimum atomic E-state index is -0.453. The smallest absolute Gasteiger partial charge is 0.254 e. The van der Waals surface area contributed by atoms with Crippen molar-refractivity contribution in [2.75, 3.05) is 0 Å². The van der Waals surface area contributed by atoms with E-state index in [9.17, 15) is 9.59 Å². The lowest BCUT2D eigenvalue weighted by Crippen LogP contribution is -2.41. The van der Waals surface area contributed by atoms with E-state index in [1.165, 1.54) is 0 Å². The second-order valence-electron chi connectivity index (χ2n) is 11.0. The number of hydrogen-bond donors (Lipinski definition) is 0. The van der Waals surface area contributed by atoms with Crippen LogP contribution in [0.25, 0.3) is 10.9 Å². The predicted molar refractivity (Wildman–Crippen MR) is 160 cm³/mol. The van der Waals surface area contributed by atoms with Gasteiger partial charge >= 0.3 is 0 Å². The molecule has 3 aliphatic carbocycles. The Hall–Kier alpha value is -4.19. The summed E-state index contributed by atoms with van der Waals surface area (Å²) < 4.78 is 2.11. The maximum Gasteiger partial charge on any atom is 0.254 e. The Morgan fingerprint density at radius 3 is 1.85 bits per heavy atom. The number of rotatable bonds is 4. The Bertz CT molecular complexity index is 1830. The number of hydrazone groups is 1. The van der Waals surface area contributed by atoms with E-state index in [-0.39, 0.29) is 23.7 Å². The summed E-state index contributed by atoms with van der Waals surface area (Å²) in [5.41, 5.74) is 7.43. The van der Waals surface area contributed by atoms with Crippen LogP contribution in [0.4, 0.5) is 0 Å². The SMILES string of the molecule is O=C1[C@H]2C3c4ccccc4C(c4ccccc43)[C@@H]2C(=O)N1/N=C\c1cn(Cc2ccc(Cl)c(Cl)c2)c2ccccc12. The number of imide groups is 1. The molecule has 200 valence electrons. The Kier molecular flexibility index (Phi) is 5.50. The van der Waals surface area contributed by atoms with Crippen molar-refractivity contribution >= 4 is 52.1 Å². The number of nitrogens with zero attached hydrogens (tertiary/aromatic N) is 3. The van der Waals surface area contributed by atoms with Gasteiger partial charge in [-0.05, 0) is 46.0 Å². The number of para-hydroxylation sites is 1. The highest BCUT2D eigenvalue weighted by atomic mass is 35.5. The molecule has 7 heteroatoms. The Morgan fingerprint density at radius 2 is 1.27 bits per heavy atom. The van der Waals surface area contributed by atoms with E-state index in [2.05, 4.69) is 33.9 Å². The Morgan fingerprint density at radius 1 is 0.707 bits per heavy atom. The standard InChI is InChI=1S/C34H23Cl2N3O2/c35-26-14-13-19(15-27(26)36)17-38-18-20(21-7-5-6-12-28(21)38)16-37-39-33(40)31-29-22-8-1-2-9-23(22)30(32(31)34(39)41)25-11-4-3-10-24(25)29/h1-16,18,29-32H,17H2/b37-16-/t29?,30?,31-,32-/m0/s1. The number of carbonyl (C=O) groups excluding carboxylic acids is 2. The molecule has 1 saturated heterocycles. The number of carbonyl (C=O) groups is 2. The zero-order valence-corrected chi connectivity index (χ0v) is 23.3. The van der Waals surface area contributed by atoms with Gasteiger partial charge in [-0.2, -0.15) is 10.1 Å². The molecular weight excluding hydrogens is 553 g/mol. The molecule has 4 aromatic carbocycles. The first-order chi connectivity index (χ1) is 20.0. The maximum atomic E-state index is 13.9. The van der Waals surface area contributed by atoms with Crippen LogP contribution in [0.15, 0.2) is 102 Å².